The molecule has 2 heteroatoms. The molecule has 0 N–H and O–H groups in total. The normalized spacial score (nSPS) is 21.5. The zero-order chi connectivity index (χ0) is 13.2. The molecule has 1 nitrogen and oxygen atoms in total. The van der Waals surface area contributed by atoms with E-state index in [4.69, 9.17) is 0 Å². The van der Waals surface area contributed by atoms with E-state index >= 15 is 0 Å². The van der Waals surface area contributed by atoms with Gasteiger partial charge in [0.2, 0.25) is 0 Å². The molecule has 1 aromatic carbocycles. The van der Waals surface area contributed by atoms with Crippen LogP contribution < -0.4 is 0 Å². The lowest BCUT2D eigenvalue weighted by Gasteiger charge is -2.43. The molecule has 0 radical (unpaired) electrons. The van der Waals surface area contributed by atoms with Crippen LogP contribution in [0.15, 0.2) is 41.4 Å². The van der Waals surface area contributed by atoms with Gasteiger partial charge < -0.3 is 0 Å². The summed E-state index contributed by atoms with van der Waals surface area (Å²) >= 11 is 3.50. The van der Waals surface area contributed by atoms with Crippen LogP contribution in [0, 0.1) is 5.92 Å². The van der Waals surface area contributed by atoms with Crippen molar-refractivity contribution >= 4 is 15.9 Å². The van der Waals surface area contributed by atoms with Crippen LogP contribution in [0.2, 0.25) is 0 Å². The summed E-state index contributed by atoms with van der Waals surface area (Å²) in [6, 6.07) is 8.63. The van der Waals surface area contributed by atoms with Crippen molar-refractivity contribution in [1.29, 1.82) is 0 Å². The summed E-state index contributed by atoms with van der Waals surface area (Å²) in [7, 11) is 0. The van der Waals surface area contributed by atoms with E-state index in [2.05, 4.69) is 71.6 Å². The maximum atomic E-state index is 4.07. The van der Waals surface area contributed by atoms with E-state index < -0.39 is 0 Å². The minimum Gasteiger partial charge on any atom is -0.291 e. The van der Waals surface area contributed by atoms with Crippen molar-refractivity contribution in [3.63, 3.8) is 0 Å². The Labute approximate surface area is 119 Å². The van der Waals surface area contributed by atoms with Gasteiger partial charge in [0.1, 0.15) is 0 Å². The fourth-order valence-electron chi connectivity index (χ4n) is 2.69. The van der Waals surface area contributed by atoms with E-state index in [-0.39, 0.29) is 5.54 Å². The van der Waals surface area contributed by atoms with E-state index in [1.807, 2.05) is 0 Å². The molecule has 1 aromatic rings. The van der Waals surface area contributed by atoms with Crippen molar-refractivity contribution in [2.24, 2.45) is 5.92 Å². The minimum absolute atomic E-state index is 0.0408. The first-order valence-corrected chi connectivity index (χ1v) is 7.50. The number of likely N-dealkylation sites (tertiary alicyclic amines) is 1. The summed E-state index contributed by atoms with van der Waals surface area (Å²) in [4.78, 5) is 2.56. The molecule has 1 fully saturated rings. The average Bonchev–Trinajstić information content (AvgIpc) is 2.39. The zero-order valence-electron chi connectivity index (χ0n) is 11.3. The Morgan fingerprint density at radius 1 is 1.28 bits per heavy atom. The zero-order valence-corrected chi connectivity index (χ0v) is 12.9. The molecule has 1 saturated heterocycles. The molecule has 1 aliphatic heterocycles. The lowest BCUT2D eigenvalue weighted by molar-refractivity contribution is 0.0977. The standard InChI is InChI=1S/C16H22BrN/c1-4-16(3,14-5-7-15(17)8-6-14)18-11-9-13(2)10-12-18/h4-8,13H,1,9-12H2,2-3H3. The highest BCUT2D eigenvalue weighted by molar-refractivity contribution is 9.10. The smallest absolute Gasteiger partial charge is 0.0614 e. The maximum absolute atomic E-state index is 4.07. The number of nitrogens with zero attached hydrogens (tertiary/aromatic N) is 1. The lowest BCUT2D eigenvalue weighted by Crippen LogP contribution is -2.46. The van der Waals surface area contributed by atoms with E-state index in [9.17, 15) is 0 Å². The van der Waals surface area contributed by atoms with Gasteiger partial charge in [0.25, 0.3) is 0 Å². The molecule has 1 unspecified atom stereocenters. The Balaban J connectivity index is 2.24. The molecule has 0 bridgehead atoms. The average molecular weight is 308 g/mol. The molecular weight excluding hydrogens is 286 g/mol. The van der Waals surface area contributed by atoms with E-state index in [1.165, 1.54) is 31.5 Å². The first kappa shape index (κ1) is 13.8. The van der Waals surface area contributed by atoms with Gasteiger partial charge in [0, 0.05) is 4.47 Å². The van der Waals surface area contributed by atoms with Crippen molar-refractivity contribution in [3.05, 3.63) is 47.0 Å². The Morgan fingerprint density at radius 2 is 1.83 bits per heavy atom. The van der Waals surface area contributed by atoms with E-state index in [0.717, 1.165) is 10.4 Å². The number of benzene rings is 1. The number of piperidine rings is 1. The highest BCUT2D eigenvalue weighted by atomic mass is 79.9. The second-order valence-electron chi connectivity index (χ2n) is 5.53. The third kappa shape index (κ3) is 2.70. The predicted molar refractivity (Wildman–Crippen MR) is 81.7 cm³/mol. The summed E-state index contributed by atoms with van der Waals surface area (Å²) < 4.78 is 1.13. The summed E-state index contributed by atoms with van der Waals surface area (Å²) in [6.07, 6.45) is 4.67. The molecule has 1 heterocycles. The molecule has 2 rings (SSSR count). The van der Waals surface area contributed by atoms with Gasteiger partial charge in [-0.2, -0.15) is 0 Å². The van der Waals surface area contributed by atoms with Crippen molar-refractivity contribution in [3.8, 4) is 0 Å². The van der Waals surface area contributed by atoms with Crippen molar-refractivity contribution < 1.29 is 0 Å². The monoisotopic (exact) mass is 307 g/mol. The van der Waals surface area contributed by atoms with Gasteiger partial charge in [-0.1, -0.05) is 41.1 Å². The maximum Gasteiger partial charge on any atom is 0.0614 e. The Morgan fingerprint density at radius 3 is 2.33 bits per heavy atom. The van der Waals surface area contributed by atoms with E-state index in [0.29, 0.717) is 0 Å². The summed E-state index contributed by atoms with van der Waals surface area (Å²) in [5.74, 6) is 0.861. The molecule has 0 spiro atoms. The molecule has 0 aliphatic carbocycles. The van der Waals surface area contributed by atoms with Crippen LogP contribution in [-0.4, -0.2) is 18.0 Å². The summed E-state index contributed by atoms with van der Waals surface area (Å²) in [5, 5.41) is 0. The van der Waals surface area contributed by atoms with Gasteiger partial charge in [0.15, 0.2) is 0 Å². The summed E-state index contributed by atoms with van der Waals surface area (Å²) in [6.45, 7) is 11.0. The van der Waals surface area contributed by atoms with Crippen molar-refractivity contribution in [1.82, 2.24) is 4.90 Å². The Kier molecular flexibility index (Phi) is 4.29. The first-order chi connectivity index (χ1) is 8.56. The molecule has 0 aromatic heterocycles. The van der Waals surface area contributed by atoms with Gasteiger partial charge in [-0.05, 0) is 56.5 Å². The molecule has 0 saturated carbocycles. The molecule has 1 aliphatic rings. The van der Waals surface area contributed by atoms with Crippen molar-refractivity contribution in [2.75, 3.05) is 13.1 Å². The second-order valence-corrected chi connectivity index (χ2v) is 6.44. The van der Waals surface area contributed by atoms with Crippen LogP contribution in [0.25, 0.3) is 0 Å². The van der Waals surface area contributed by atoms with Crippen LogP contribution in [0.5, 0.6) is 0 Å². The minimum atomic E-state index is -0.0408. The van der Waals surface area contributed by atoms with E-state index in [1.54, 1.807) is 0 Å². The van der Waals surface area contributed by atoms with Crippen LogP contribution >= 0.6 is 15.9 Å². The van der Waals surface area contributed by atoms with Crippen LogP contribution in [0.4, 0.5) is 0 Å². The van der Waals surface area contributed by atoms with Gasteiger partial charge in [-0.3, -0.25) is 4.90 Å². The van der Waals surface area contributed by atoms with Crippen LogP contribution in [0.3, 0.4) is 0 Å². The fraction of sp³-hybridized carbons (Fsp3) is 0.500. The third-order valence-electron chi connectivity index (χ3n) is 4.27. The summed E-state index contributed by atoms with van der Waals surface area (Å²) in [5.41, 5.74) is 1.29. The molecule has 0 amide bonds. The van der Waals surface area contributed by atoms with Gasteiger partial charge in [-0.25, -0.2) is 0 Å². The van der Waals surface area contributed by atoms with Gasteiger partial charge in [-0.15, -0.1) is 6.58 Å². The lowest BCUT2D eigenvalue weighted by atomic mass is 9.86. The quantitative estimate of drug-likeness (QED) is 0.739. The number of halogens is 1. The molecule has 98 valence electrons. The topological polar surface area (TPSA) is 3.24 Å². The van der Waals surface area contributed by atoms with Crippen LogP contribution in [0.1, 0.15) is 32.3 Å². The Bertz CT molecular complexity index is 404. The van der Waals surface area contributed by atoms with Gasteiger partial charge >= 0.3 is 0 Å². The highest BCUT2D eigenvalue weighted by Crippen LogP contribution is 2.33. The van der Waals surface area contributed by atoms with Crippen LogP contribution in [-0.2, 0) is 5.54 Å². The molecule has 1 atom stereocenters. The fourth-order valence-corrected chi connectivity index (χ4v) is 2.95. The SMILES string of the molecule is C=CC(C)(c1ccc(Br)cc1)N1CCC(C)CC1. The van der Waals surface area contributed by atoms with Gasteiger partial charge in [0.05, 0.1) is 5.54 Å². The number of rotatable bonds is 3. The molecular formula is C16H22BrN. The highest BCUT2D eigenvalue weighted by Gasteiger charge is 2.32. The number of hydrogen-bond donors (Lipinski definition) is 0. The largest absolute Gasteiger partial charge is 0.291 e. The second kappa shape index (κ2) is 5.58. The third-order valence-corrected chi connectivity index (χ3v) is 4.80. The number of hydrogen-bond acceptors (Lipinski definition) is 1. The first-order valence-electron chi connectivity index (χ1n) is 6.71. The molecule has 18 heavy (non-hydrogen) atoms. The Hall–Kier alpha value is -0.600. The van der Waals surface area contributed by atoms with Crippen molar-refractivity contribution in [2.45, 2.75) is 32.2 Å². The predicted octanol–water partition coefficient (Wildman–Crippen LogP) is 4.58.